The van der Waals surface area contributed by atoms with Crippen LogP contribution >= 0.6 is 0 Å². The summed E-state index contributed by atoms with van der Waals surface area (Å²) in [5, 5.41) is 3.97. The van der Waals surface area contributed by atoms with Gasteiger partial charge in [-0.3, -0.25) is 9.19 Å². The van der Waals surface area contributed by atoms with E-state index in [1.807, 2.05) is 6.92 Å². The minimum absolute atomic E-state index is 0.382. The molecule has 4 nitrogen and oxygen atoms in total. The van der Waals surface area contributed by atoms with Crippen LogP contribution in [0.1, 0.15) is 18.5 Å². The molecule has 1 N–H and O–H groups in total. The van der Waals surface area contributed by atoms with Gasteiger partial charge in [0.25, 0.3) is 0 Å². The predicted octanol–water partition coefficient (Wildman–Crippen LogP) is 0.645. The van der Waals surface area contributed by atoms with Crippen molar-refractivity contribution in [2.45, 2.75) is 30.8 Å². The standard InChI is InChI=1S/C10H15N3OS/c1-8-10(13-6-5-11-8)15(14)7-9-3-2-4-12-9/h5-6,9,12H,2-4,7H2,1H3/t9-,15+/m1/s1. The molecule has 2 rings (SSSR count). The van der Waals surface area contributed by atoms with Crippen LogP contribution in [-0.4, -0.2) is 32.5 Å². The van der Waals surface area contributed by atoms with Crippen molar-refractivity contribution in [3.05, 3.63) is 18.1 Å². The van der Waals surface area contributed by atoms with Crippen LogP contribution in [0, 0.1) is 6.92 Å². The maximum Gasteiger partial charge on any atom is 0.148 e. The lowest BCUT2D eigenvalue weighted by molar-refractivity contribution is 0.640. The molecule has 0 unspecified atom stereocenters. The highest BCUT2D eigenvalue weighted by molar-refractivity contribution is 7.85. The second-order valence-corrected chi connectivity index (χ2v) is 5.16. The Morgan fingerprint density at radius 1 is 1.53 bits per heavy atom. The third kappa shape index (κ3) is 2.60. The van der Waals surface area contributed by atoms with Crippen molar-refractivity contribution in [1.29, 1.82) is 0 Å². The largest absolute Gasteiger partial charge is 0.313 e. The zero-order valence-corrected chi connectivity index (χ0v) is 9.59. The highest BCUT2D eigenvalue weighted by atomic mass is 32.2. The Kier molecular flexibility index (Phi) is 3.43. The number of nitrogens with zero attached hydrogens (tertiary/aromatic N) is 2. The third-order valence-electron chi connectivity index (χ3n) is 2.57. The van der Waals surface area contributed by atoms with Crippen LogP contribution in [0.2, 0.25) is 0 Å². The zero-order chi connectivity index (χ0) is 10.7. The van der Waals surface area contributed by atoms with Crippen LogP contribution in [0.4, 0.5) is 0 Å². The summed E-state index contributed by atoms with van der Waals surface area (Å²) in [5.74, 6) is 0.652. The summed E-state index contributed by atoms with van der Waals surface area (Å²) < 4.78 is 12.0. The number of nitrogens with one attached hydrogen (secondary N) is 1. The summed E-state index contributed by atoms with van der Waals surface area (Å²) in [6.45, 7) is 2.89. The van der Waals surface area contributed by atoms with E-state index >= 15 is 0 Å². The van der Waals surface area contributed by atoms with Crippen molar-refractivity contribution in [2.24, 2.45) is 0 Å². The van der Waals surface area contributed by atoms with Crippen LogP contribution in [0.25, 0.3) is 0 Å². The molecule has 15 heavy (non-hydrogen) atoms. The van der Waals surface area contributed by atoms with Crippen molar-refractivity contribution in [3.8, 4) is 0 Å². The monoisotopic (exact) mass is 225 g/mol. The van der Waals surface area contributed by atoms with E-state index in [0.29, 0.717) is 16.8 Å². The number of hydrogen-bond acceptors (Lipinski definition) is 4. The third-order valence-corrected chi connectivity index (χ3v) is 4.10. The SMILES string of the molecule is Cc1nccnc1[S@@](=O)C[C@H]1CCCN1. The Hall–Kier alpha value is -0.810. The summed E-state index contributed by atoms with van der Waals surface area (Å²) in [6, 6.07) is 0.382. The molecular formula is C10H15N3OS. The first-order valence-corrected chi connectivity index (χ1v) is 6.48. The molecule has 1 aromatic rings. The molecule has 0 saturated carbocycles. The Balaban J connectivity index is 2.04. The highest BCUT2D eigenvalue weighted by Gasteiger charge is 2.19. The molecule has 0 bridgehead atoms. The zero-order valence-electron chi connectivity index (χ0n) is 8.77. The van der Waals surface area contributed by atoms with Crippen molar-refractivity contribution >= 4 is 10.8 Å². The number of aromatic nitrogens is 2. The van der Waals surface area contributed by atoms with Gasteiger partial charge in [0.2, 0.25) is 0 Å². The lowest BCUT2D eigenvalue weighted by Crippen LogP contribution is -2.28. The molecule has 5 heteroatoms. The summed E-state index contributed by atoms with van der Waals surface area (Å²) in [6.07, 6.45) is 5.53. The average molecular weight is 225 g/mol. The van der Waals surface area contributed by atoms with E-state index in [2.05, 4.69) is 15.3 Å². The molecule has 1 saturated heterocycles. The molecule has 1 aromatic heterocycles. The summed E-state index contributed by atoms with van der Waals surface area (Å²) in [4.78, 5) is 8.23. The number of rotatable bonds is 3. The molecule has 2 atom stereocenters. The van der Waals surface area contributed by atoms with E-state index < -0.39 is 10.8 Å². The minimum atomic E-state index is -1.02. The molecule has 0 spiro atoms. The lowest BCUT2D eigenvalue weighted by atomic mass is 10.3. The maximum atomic E-state index is 12.0. The Morgan fingerprint density at radius 3 is 3.00 bits per heavy atom. The normalized spacial score (nSPS) is 22.9. The predicted molar refractivity (Wildman–Crippen MR) is 59.1 cm³/mol. The molecule has 1 aliphatic heterocycles. The molecule has 1 aliphatic rings. The van der Waals surface area contributed by atoms with Gasteiger partial charge in [0.1, 0.15) is 5.03 Å². The summed E-state index contributed by atoms with van der Waals surface area (Å²) in [7, 11) is -1.02. The van der Waals surface area contributed by atoms with Gasteiger partial charge in [0.15, 0.2) is 0 Å². The fourth-order valence-electron chi connectivity index (χ4n) is 1.78. The van der Waals surface area contributed by atoms with Crippen LogP contribution in [0.3, 0.4) is 0 Å². The highest BCUT2D eigenvalue weighted by Crippen LogP contribution is 2.12. The molecule has 1 fully saturated rings. The van der Waals surface area contributed by atoms with Gasteiger partial charge in [0, 0.05) is 24.2 Å². The van der Waals surface area contributed by atoms with Gasteiger partial charge in [-0.2, -0.15) is 0 Å². The minimum Gasteiger partial charge on any atom is -0.313 e. The molecule has 2 heterocycles. The van der Waals surface area contributed by atoms with Gasteiger partial charge in [-0.25, -0.2) is 4.98 Å². The molecule has 0 aliphatic carbocycles. The van der Waals surface area contributed by atoms with E-state index in [-0.39, 0.29) is 0 Å². The summed E-state index contributed by atoms with van der Waals surface area (Å²) in [5.41, 5.74) is 0.772. The Morgan fingerprint density at radius 2 is 2.33 bits per heavy atom. The van der Waals surface area contributed by atoms with Gasteiger partial charge < -0.3 is 5.32 Å². The topological polar surface area (TPSA) is 54.9 Å². The van der Waals surface area contributed by atoms with Gasteiger partial charge in [-0.05, 0) is 26.3 Å². The Labute approximate surface area is 92.0 Å². The first-order chi connectivity index (χ1) is 7.27. The van der Waals surface area contributed by atoms with Gasteiger partial charge >= 0.3 is 0 Å². The summed E-state index contributed by atoms with van der Waals surface area (Å²) >= 11 is 0. The first kappa shape index (κ1) is 10.7. The van der Waals surface area contributed by atoms with Crippen LogP contribution < -0.4 is 5.32 Å². The maximum absolute atomic E-state index is 12.0. The van der Waals surface area contributed by atoms with Crippen molar-refractivity contribution < 1.29 is 4.21 Å². The van der Waals surface area contributed by atoms with E-state index in [0.717, 1.165) is 18.7 Å². The molecule has 82 valence electrons. The first-order valence-electron chi connectivity index (χ1n) is 5.17. The van der Waals surface area contributed by atoms with E-state index in [1.165, 1.54) is 6.42 Å². The van der Waals surface area contributed by atoms with E-state index in [9.17, 15) is 4.21 Å². The molecule has 0 amide bonds. The van der Waals surface area contributed by atoms with Crippen LogP contribution in [-0.2, 0) is 10.8 Å². The number of hydrogen-bond donors (Lipinski definition) is 1. The van der Waals surface area contributed by atoms with Crippen molar-refractivity contribution in [1.82, 2.24) is 15.3 Å². The van der Waals surface area contributed by atoms with Crippen LogP contribution in [0.15, 0.2) is 17.4 Å². The van der Waals surface area contributed by atoms with E-state index in [4.69, 9.17) is 0 Å². The van der Waals surface area contributed by atoms with Gasteiger partial charge in [-0.1, -0.05) is 0 Å². The Bertz CT molecular complexity index is 363. The average Bonchev–Trinajstić information content (AvgIpc) is 2.71. The second kappa shape index (κ2) is 4.81. The molecule has 0 aromatic carbocycles. The molecular weight excluding hydrogens is 210 g/mol. The quantitative estimate of drug-likeness (QED) is 0.820. The van der Waals surface area contributed by atoms with Gasteiger partial charge in [0.05, 0.1) is 16.5 Å². The van der Waals surface area contributed by atoms with Crippen molar-refractivity contribution in [3.63, 3.8) is 0 Å². The fraction of sp³-hybridized carbons (Fsp3) is 0.600. The number of aryl methyl sites for hydroxylation is 1. The lowest BCUT2D eigenvalue weighted by Gasteiger charge is -2.09. The van der Waals surface area contributed by atoms with Crippen molar-refractivity contribution in [2.75, 3.05) is 12.3 Å². The fourth-order valence-corrected chi connectivity index (χ4v) is 3.15. The smallest absolute Gasteiger partial charge is 0.148 e. The van der Waals surface area contributed by atoms with Gasteiger partial charge in [-0.15, -0.1) is 0 Å². The van der Waals surface area contributed by atoms with Crippen LogP contribution in [0.5, 0.6) is 0 Å². The van der Waals surface area contributed by atoms with E-state index in [1.54, 1.807) is 12.4 Å². The molecule has 0 radical (unpaired) electrons. The second-order valence-electron chi connectivity index (χ2n) is 3.75.